The molecule has 1 heterocycles. The molecule has 0 aromatic heterocycles. The van der Waals surface area contributed by atoms with Crippen LogP contribution in [0.25, 0.3) is 0 Å². The summed E-state index contributed by atoms with van der Waals surface area (Å²) in [5.41, 5.74) is 3.28. The van der Waals surface area contributed by atoms with E-state index in [1.807, 2.05) is 38.1 Å². The van der Waals surface area contributed by atoms with Gasteiger partial charge in [0, 0.05) is 34.3 Å². The number of benzene rings is 2. The number of rotatable bonds is 4. The van der Waals surface area contributed by atoms with Gasteiger partial charge in [-0.3, -0.25) is 4.79 Å². The van der Waals surface area contributed by atoms with Gasteiger partial charge < -0.3 is 14.4 Å². The molecular weight excluding hydrogens is 502 g/mol. The molecule has 0 N–H and O–H groups in total. The number of hydrogen-bond acceptors (Lipinski definition) is 6. The van der Waals surface area contributed by atoms with E-state index in [2.05, 4.69) is 20.8 Å². The Morgan fingerprint density at radius 3 is 2.03 bits per heavy atom. The minimum Gasteiger partial charge on any atom is -0.466 e. The SMILES string of the molecule is COC(=O)C1=C(C(=O)OC)N(c2ccc(Cl)cc2)C2=C(C(=O)CC(C)(C)C2)C1c1ccc(C(C)(C)C)cc1. The topological polar surface area (TPSA) is 72.9 Å². The lowest BCUT2D eigenvalue weighted by Gasteiger charge is -2.44. The summed E-state index contributed by atoms with van der Waals surface area (Å²) < 4.78 is 10.4. The number of Topliss-reactive ketones (excluding diaryl/α,β-unsaturated/α-hetero) is 1. The van der Waals surface area contributed by atoms with Crippen LogP contribution in [0.5, 0.6) is 0 Å². The van der Waals surface area contributed by atoms with E-state index in [9.17, 15) is 14.4 Å². The Hall–Kier alpha value is -3.38. The number of anilines is 1. The Labute approximate surface area is 229 Å². The summed E-state index contributed by atoms with van der Waals surface area (Å²) in [5.74, 6) is -2.24. The zero-order chi connectivity index (χ0) is 28.0. The molecule has 0 bridgehead atoms. The Kier molecular flexibility index (Phi) is 7.32. The van der Waals surface area contributed by atoms with Gasteiger partial charge in [-0.2, -0.15) is 0 Å². The van der Waals surface area contributed by atoms with E-state index >= 15 is 0 Å². The maximum atomic E-state index is 13.9. The standard InChI is InChI=1S/C31H34ClNO5/c1-30(2,3)19-10-8-18(9-11-19)24-25-22(16-31(4,5)17-23(25)34)33(21-14-12-20(32)13-15-21)27(29(36)38-7)26(24)28(35)37-6/h8-15,24H,16-17H2,1-7H3. The van der Waals surface area contributed by atoms with Gasteiger partial charge in [-0.15, -0.1) is 0 Å². The summed E-state index contributed by atoms with van der Waals surface area (Å²) in [4.78, 5) is 42.5. The molecule has 4 rings (SSSR count). The van der Waals surface area contributed by atoms with E-state index in [-0.39, 0.29) is 27.9 Å². The Morgan fingerprint density at radius 2 is 1.50 bits per heavy atom. The number of halogens is 1. The van der Waals surface area contributed by atoms with Gasteiger partial charge in [-0.1, -0.05) is 70.5 Å². The van der Waals surface area contributed by atoms with Crippen LogP contribution in [0.2, 0.25) is 5.02 Å². The van der Waals surface area contributed by atoms with Crippen LogP contribution in [-0.2, 0) is 29.3 Å². The quantitative estimate of drug-likeness (QED) is 0.417. The fraction of sp³-hybridized carbons (Fsp3) is 0.387. The fourth-order valence-corrected chi connectivity index (χ4v) is 5.50. The second-order valence-electron chi connectivity index (χ2n) is 11.7. The number of allylic oxidation sites excluding steroid dienone is 2. The van der Waals surface area contributed by atoms with Gasteiger partial charge in [0.05, 0.1) is 19.8 Å². The highest BCUT2D eigenvalue weighted by Crippen LogP contribution is 2.51. The van der Waals surface area contributed by atoms with Gasteiger partial charge in [-0.05, 0) is 52.6 Å². The molecule has 2 aliphatic rings. The third-order valence-electron chi connectivity index (χ3n) is 7.20. The van der Waals surface area contributed by atoms with Gasteiger partial charge in [-0.25, -0.2) is 9.59 Å². The number of ether oxygens (including phenoxy) is 2. The van der Waals surface area contributed by atoms with Crippen LogP contribution in [-0.4, -0.2) is 31.9 Å². The van der Waals surface area contributed by atoms with Crippen molar-refractivity contribution in [2.24, 2.45) is 5.41 Å². The molecule has 1 aliphatic heterocycles. The molecule has 0 radical (unpaired) electrons. The first-order valence-corrected chi connectivity index (χ1v) is 13.0. The number of carbonyl (C=O) groups is 3. The number of hydrogen-bond donors (Lipinski definition) is 0. The number of ketones is 1. The van der Waals surface area contributed by atoms with Crippen molar-refractivity contribution < 1.29 is 23.9 Å². The Bertz CT molecular complexity index is 1340. The van der Waals surface area contributed by atoms with Crippen molar-refractivity contribution in [2.75, 3.05) is 19.1 Å². The summed E-state index contributed by atoms with van der Waals surface area (Å²) in [5, 5.41) is 0.522. The van der Waals surface area contributed by atoms with E-state index < -0.39 is 17.9 Å². The molecule has 0 saturated carbocycles. The summed E-state index contributed by atoms with van der Waals surface area (Å²) in [7, 11) is 2.55. The van der Waals surface area contributed by atoms with Gasteiger partial charge in [0.1, 0.15) is 5.70 Å². The first-order chi connectivity index (χ1) is 17.8. The first kappa shape index (κ1) is 27.6. The highest BCUT2D eigenvalue weighted by atomic mass is 35.5. The lowest BCUT2D eigenvalue weighted by atomic mass is 9.67. The van der Waals surface area contributed by atoms with Crippen LogP contribution < -0.4 is 4.90 Å². The monoisotopic (exact) mass is 535 g/mol. The molecule has 38 heavy (non-hydrogen) atoms. The molecular formula is C31H34ClNO5. The number of carbonyl (C=O) groups excluding carboxylic acids is 3. The lowest BCUT2D eigenvalue weighted by Crippen LogP contribution is -2.43. The normalized spacial score (nSPS) is 19.3. The lowest BCUT2D eigenvalue weighted by molar-refractivity contribution is -0.139. The molecule has 0 saturated heterocycles. The van der Waals surface area contributed by atoms with Gasteiger partial charge in [0.25, 0.3) is 0 Å². The zero-order valence-corrected chi connectivity index (χ0v) is 23.7. The van der Waals surface area contributed by atoms with Crippen LogP contribution >= 0.6 is 11.6 Å². The molecule has 0 fully saturated rings. The highest BCUT2D eigenvalue weighted by Gasteiger charge is 2.48. The fourth-order valence-electron chi connectivity index (χ4n) is 5.37. The van der Waals surface area contributed by atoms with Crippen LogP contribution in [0.15, 0.2) is 71.1 Å². The van der Waals surface area contributed by atoms with E-state index in [0.29, 0.717) is 34.8 Å². The minimum atomic E-state index is -0.785. The number of nitrogens with zero attached hydrogens (tertiary/aromatic N) is 1. The maximum absolute atomic E-state index is 13.9. The smallest absolute Gasteiger partial charge is 0.355 e. The van der Waals surface area contributed by atoms with Crippen molar-refractivity contribution in [3.05, 3.63) is 87.2 Å². The molecule has 1 atom stereocenters. The second-order valence-corrected chi connectivity index (χ2v) is 12.1. The van der Waals surface area contributed by atoms with Gasteiger partial charge in [0.2, 0.25) is 0 Å². The molecule has 200 valence electrons. The molecule has 1 aliphatic carbocycles. The van der Waals surface area contributed by atoms with E-state index in [1.165, 1.54) is 14.2 Å². The number of methoxy groups -OCH3 is 2. The van der Waals surface area contributed by atoms with Crippen LogP contribution in [0.1, 0.15) is 64.5 Å². The van der Waals surface area contributed by atoms with Crippen LogP contribution in [0.3, 0.4) is 0 Å². The van der Waals surface area contributed by atoms with Gasteiger partial charge in [0.15, 0.2) is 5.78 Å². The summed E-state index contributed by atoms with van der Waals surface area (Å²) in [6.07, 6.45) is 0.834. The molecule has 1 unspecified atom stereocenters. The zero-order valence-electron chi connectivity index (χ0n) is 23.0. The molecule has 0 amide bonds. The largest absolute Gasteiger partial charge is 0.466 e. The van der Waals surface area contributed by atoms with Crippen molar-refractivity contribution in [1.29, 1.82) is 0 Å². The van der Waals surface area contributed by atoms with Crippen LogP contribution in [0.4, 0.5) is 5.69 Å². The maximum Gasteiger partial charge on any atom is 0.355 e. The van der Waals surface area contributed by atoms with E-state index in [0.717, 1.165) is 11.1 Å². The van der Waals surface area contributed by atoms with Crippen molar-refractivity contribution in [2.45, 2.75) is 58.8 Å². The van der Waals surface area contributed by atoms with Crippen molar-refractivity contribution in [3.63, 3.8) is 0 Å². The van der Waals surface area contributed by atoms with Crippen molar-refractivity contribution in [1.82, 2.24) is 0 Å². The first-order valence-electron chi connectivity index (χ1n) is 12.6. The molecule has 0 spiro atoms. The predicted octanol–water partition coefficient (Wildman–Crippen LogP) is 6.48. The van der Waals surface area contributed by atoms with E-state index in [4.69, 9.17) is 21.1 Å². The summed E-state index contributed by atoms with van der Waals surface area (Å²) in [6, 6.07) is 14.8. The molecule has 6 nitrogen and oxygen atoms in total. The number of esters is 2. The average Bonchev–Trinajstić information content (AvgIpc) is 2.86. The van der Waals surface area contributed by atoms with Crippen LogP contribution in [0, 0.1) is 5.41 Å². The molecule has 2 aromatic rings. The second kappa shape index (κ2) is 10.1. The van der Waals surface area contributed by atoms with Crippen molar-refractivity contribution in [3.8, 4) is 0 Å². The Morgan fingerprint density at radius 1 is 0.921 bits per heavy atom. The third kappa shape index (κ3) is 5.02. The summed E-state index contributed by atoms with van der Waals surface area (Å²) >= 11 is 6.17. The molecule has 7 heteroatoms. The predicted molar refractivity (Wildman–Crippen MR) is 148 cm³/mol. The highest BCUT2D eigenvalue weighted by molar-refractivity contribution is 6.30. The van der Waals surface area contributed by atoms with Crippen molar-refractivity contribution >= 4 is 35.0 Å². The molecule has 2 aromatic carbocycles. The van der Waals surface area contributed by atoms with Gasteiger partial charge >= 0.3 is 11.9 Å². The average molecular weight is 536 g/mol. The van der Waals surface area contributed by atoms with E-state index in [1.54, 1.807) is 29.2 Å². The Balaban J connectivity index is 2.09. The third-order valence-corrected chi connectivity index (χ3v) is 7.45. The summed E-state index contributed by atoms with van der Waals surface area (Å²) in [6.45, 7) is 10.4. The minimum absolute atomic E-state index is 0.0378.